The second-order valence-electron chi connectivity index (χ2n) is 5.00. The van der Waals surface area contributed by atoms with Crippen molar-refractivity contribution >= 4 is 17.4 Å². The summed E-state index contributed by atoms with van der Waals surface area (Å²) in [6.07, 6.45) is 0.0887. The first-order chi connectivity index (χ1) is 9.97. The molecule has 0 bridgehead atoms. The number of carbonyl (C=O) groups excluding carboxylic acids is 1. The van der Waals surface area contributed by atoms with E-state index in [0.717, 1.165) is 0 Å². The Hall–Kier alpha value is -1.87. The first-order valence-electron chi connectivity index (χ1n) is 6.70. The van der Waals surface area contributed by atoms with E-state index in [0.29, 0.717) is 16.9 Å². The second-order valence-corrected chi connectivity index (χ2v) is 5.41. The van der Waals surface area contributed by atoms with Gasteiger partial charge in [0.25, 0.3) is 0 Å². The summed E-state index contributed by atoms with van der Waals surface area (Å²) in [7, 11) is 0. The van der Waals surface area contributed by atoms with Gasteiger partial charge in [-0.2, -0.15) is 0 Å². The summed E-state index contributed by atoms with van der Waals surface area (Å²) >= 11 is 5.96. The molecule has 0 saturated heterocycles. The molecule has 2 aromatic rings. The largest absolute Gasteiger partial charge is 0.490 e. The number of para-hydroxylation sites is 1. The van der Waals surface area contributed by atoms with E-state index in [9.17, 15) is 9.18 Å². The molecule has 0 fully saturated rings. The van der Waals surface area contributed by atoms with Gasteiger partial charge in [0.1, 0.15) is 11.6 Å². The second kappa shape index (κ2) is 6.72. The zero-order valence-electron chi connectivity index (χ0n) is 11.9. The van der Waals surface area contributed by atoms with E-state index in [4.69, 9.17) is 16.3 Å². The van der Waals surface area contributed by atoms with Gasteiger partial charge < -0.3 is 4.74 Å². The van der Waals surface area contributed by atoms with Crippen LogP contribution < -0.4 is 4.74 Å². The monoisotopic (exact) mass is 306 g/mol. The van der Waals surface area contributed by atoms with Crippen molar-refractivity contribution in [2.45, 2.75) is 26.4 Å². The molecule has 0 saturated carbocycles. The molecule has 0 aliphatic heterocycles. The minimum absolute atomic E-state index is 0.0200. The number of rotatable bonds is 5. The maximum absolute atomic E-state index is 13.0. The molecule has 0 amide bonds. The van der Waals surface area contributed by atoms with Gasteiger partial charge in [-0.05, 0) is 43.7 Å². The SMILES string of the molecule is CC(C)Oc1ccccc1C(=O)Cc1ccc(F)cc1Cl. The number of hydrogen-bond donors (Lipinski definition) is 0. The average Bonchev–Trinajstić information content (AvgIpc) is 2.42. The highest BCUT2D eigenvalue weighted by Gasteiger charge is 2.15. The fraction of sp³-hybridized carbons (Fsp3) is 0.235. The molecule has 0 spiro atoms. The van der Waals surface area contributed by atoms with E-state index in [2.05, 4.69) is 0 Å². The highest BCUT2D eigenvalue weighted by Crippen LogP contribution is 2.24. The molecule has 2 aromatic carbocycles. The van der Waals surface area contributed by atoms with Gasteiger partial charge in [0.15, 0.2) is 5.78 Å². The fourth-order valence-electron chi connectivity index (χ4n) is 1.99. The molecule has 2 rings (SSSR count). The molecular weight excluding hydrogens is 291 g/mol. The molecule has 110 valence electrons. The van der Waals surface area contributed by atoms with E-state index >= 15 is 0 Å². The molecule has 0 aliphatic carbocycles. The van der Waals surface area contributed by atoms with Crippen LogP contribution in [-0.2, 0) is 6.42 Å². The van der Waals surface area contributed by atoms with Crippen molar-refractivity contribution in [1.82, 2.24) is 0 Å². The summed E-state index contributed by atoms with van der Waals surface area (Å²) in [4.78, 5) is 12.4. The predicted octanol–water partition coefficient (Wildman–Crippen LogP) is 4.69. The van der Waals surface area contributed by atoms with Crippen LogP contribution in [0.25, 0.3) is 0 Å². The zero-order valence-corrected chi connectivity index (χ0v) is 12.7. The van der Waals surface area contributed by atoms with Crippen LogP contribution in [0, 0.1) is 5.82 Å². The van der Waals surface area contributed by atoms with E-state index < -0.39 is 5.82 Å². The number of carbonyl (C=O) groups is 1. The summed E-state index contributed by atoms with van der Waals surface area (Å²) in [6.45, 7) is 3.80. The van der Waals surface area contributed by atoms with Crippen LogP contribution in [0.4, 0.5) is 4.39 Å². The average molecular weight is 307 g/mol. The van der Waals surface area contributed by atoms with Crippen LogP contribution in [-0.4, -0.2) is 11.9 Å². The Morgan fingerprint density at radius 2 is 1.95 bits per heavy atom. The van der Waals surface area contributed by atoms with Crippen molar-refractivity contribution in [3.63, 3.8) is 0 Å². The van der Waals surface area contributed by atoms with Gasteiger partial charge in [-0.25, -0.2) is 4.39 Å². The van der Waals surface area contributed by atoms with Gasteiger partial charge in [-0.1, -0.05) is 29.8 Å². The number of ketones is 1. The Bertz CT molecular complexity index is 653. The first-order valence-corrected chi connectivity index (χ1v) is 7.08. The van der Waals surface area contributed by atoms with E-state index in [1.807, 2.05) is 19.9 Å². The summed E-state index contributed by atoms with van der Waals surface area (Å²) in [5.74, 6) is 0.0234. The van der Waals surface area contributed by atoms with Gasteiger partial charge in [0.05, 0.1) is 11.7 Å². The Morgan fingerprint density at radius 1 is 1.24 bits per heavy atom. The van der Waals surface area contributed by atoms with Crippen molar-refractivity contribution in [2.75, 3.05) is 0 Å². The van der Waals surface area contributed by atoms with E-state index in [1.54, 1.807) is 18.2 Å². The Labute approximate surface area is 128 Å². The highest BCUT2D eigenvalue weighted by atomic mass is 35.5. The van der Waals surface area contributed by atoms with Gasteiger partial charge >= 0.3 is 0 Å². The third-order valence-corrected chi connectivity index (χ3v) is 3.27. The quantitative estimate of drug-likeness (QED) is 0.749. The van der Waals surface area contributed by atoms with Crippen LogP contribution in [0.2, 0.25) is 5.02 Å². The minimum atomic E-state index is -0.417. The van der Waals surface area contributed by atoms with E-state index in [-0.39, 0.29) is 23.3 Å². The molecule has 0 heterocycles. The van der Waals surface area contributed by atoms with Crippen LogP contribution in [0.15, 0.2) is 42.5 Å². The normalized spacial score (nSPS) is 10.7. The van der Waals surface area contributed by atoms with Crippen molar-refractivity contribution < 1.29 is 13.9 Å². The van der Waals surface area contributed by atoms with Crippen LogP contribution in [0.1, 0.15) is 29.8 Å². The molecule has 21 heavy (non-hydrogen) atoms. The number of Topliss-reactive ketones (excluding diaryl/α,β-unsaturated/α-hetero) is 1. The van der Waals surface area contributed by atoms with Crippen molar-refractivity contribution in [3.05, 3.63) is 64.4 Å². The maximum Gasteiger partial charge on any atom is 0.171 e. The summed E-state index contributed by atoms with van der Waals surface area (Å²) < 4.78 is 18.7. The van der Waals surface area contributed by atoms with E-state index in [1.165, 1.54) is 18.2 Å². The number of benzene rings is 2. The number of ether oxygens (including phenoxy) is 1. The van der Waals surface area contributed by atoms with Gasteiger partial charge in [0, 0.05) is 11.4 Å². The van der Waals surface area contributed by atoms with Gasteiger partial charge in [0.2, 0.25) is 0 Å². The third kappa shape index (κ3) is 4.05. The molecule has 0 radical (unpaired) electrons. The summed E-state index contributed by atoms with van der Waals surface area (Å²) in [5.41, 5.74) is 1.11. The topological polar surface area (TPSA) is 26.3 Å². The number of hydrogen-bond acceptors (Lipinski definition) is 2. The standard InChI is InChI=1S/C17H16ClFO2/c1-11(2)21-17-6-4-3-5-14(17)16(20)9-12-7-8-13(19)10-15(12)18/h3-8,10-11H,9H2,1-2H3. The van der Waals surface area contributed by atoms with Gasteiger partial charge in [-0.15, -0.1) is 0 Å². The molecule has 0 N–H and O–H groups in total. The predicted molar refractivity (Wildman–Crippen MR) is 81.7 cm³/mol. The lowest BCUT2D eigenvalue weighted by Gasteiger charge is -2.13. The van der Waals surface area contributed by atoms with Crippen molar-refractivity contribution in [1.29, 1.82) is 0 Å². The number of halogens is 2. The Balaban J connectivity index is 2.24. The molecule has 0 aliphatic rings. The smallest absolute Gasteiger partial charge is 0.171 e. The molecular formula is C17H16ClFO2. The molecule has 4 heteroatoms. The minimum Gasteiger partial charge on any atom is -0.490 e. The molecule has 2 nitrogen and oxygen atoms in total. The van der Waals surface area contributed by atoms with Gasteiger partial charge in [-0.3, -0.25) is 4.79 Å². The van der Waals surface area contributed by atoms with Crippen molar-refractivity contribution in [2.24, 2.45) is 0 Å². The van der Waals surface area contributed by atoms with Crippen LogP contribution in [0.3, 0.4) is 0 Å². The maximum atomic E-state index is 13.0. The Kier molecular flexibility index (Phi) is 4.97. The van der Waals surface area contributed by atoms with Crippen LogP contribution >= 0.6 is 11.6 Å². The first kappa shape index (κ1) is 15.5. The molecule has 0 unspecified atom stereocenters. The summed E-state index contributed by atoms with van der Waals surface area (Å²) in [6, 6.07) is 11.1. The lowest BCUT2D eigenvalue weighted by molar-refractivity contribution is 0.0987. The van der Waals surface area contributed by atoms with Crippen LogP contribution in [0.5, 0.6) is 5.75 Å². The third-order valence-electron chi connectivity index (χ3n) is 2.92. The fourth-order valence-corrected chi connectivity index (χ4v) is 2.22. The zero-order chi connectivity index (χ0) is 15.4. The molecule has 0 atom stereocenters. The Morgan fingerprint density at radius 3 is 2.62 bits per heavy atom. The summed E-state index contributed by atoms with van der Waals surface area (Å²) in [5, 5.41) is 0.255. The van der Waals surface area contributed by atoms with Crippen molar-refractivity contribution in [3.8, 4) is 5.75 Å². The lowest BCUT2D eigenvalue weighted by atomic mass is 10.0. The highest BCUT2D eigenvalue weighted by molar-refractivity contribution is 6.31. The lowest BCUT2D eigenvalue weighted by Crippen LogP contribution is -2.11. The molecule has 0 aromatic heterocycles.